The average Bonchev–Trinajstić information content (AvgIpc) is 2.73. The summed E-state index contributed by atoms with van der Waals surface area (Å²) in [6.45, 7) is 0.785. The van der Waals surface area contributed by atoms with Crippen LogP contribution in [0, 0.1) is 11.8 Å². The van der Waals surface area contributed by atoms with Gasteiger partial charge in [-0.15, -0.1) is 0 Å². The molecule has 0 radical (unpaired) electrons. The molecule has 11 heteroatoms. The van der Waals surface area contributed by atoms with Crippen molar-refractivity contribution in [3.8, 4) is 5.75 Å². The van der Waals surface area contributed by atoms with Crippen LogP contribution in [0.5, 0.6) is 5.75 Å². The zero-order valence-corrected chi connectivity index (χ0v) is 19.2. The fourth-order valence-corrected chi connectivity index (χ4v) is 5.25. The van der Waals surface area contributed by atoms with E-state index in [0.29, 0.717) is 0 Å². The molecule has 0 saturated heterocycles. The number of anilines is 1. The number of carbonyl (C=O) groups is 4. The molecule has 0 heterocycles. The van der Waals surface area contributed by atoms with Gasteiger partial charge in [-0.25, -0.2) is 0 Å². The first-order valence-corrected chi connectivity index (χ1v) is 10.7. The first-order chi connectivity index (χ1) is 15.8. The quantitative estimate of drug-likeness (QED) is 0.127. The lowest BCUT2D eigenvalue weighted by Crippen LogP contribution is -2.64. The Balaban J connectivity index is 2.29. The maximum atomic E-state index is 13.7. The van der Waals surface area contributed by atoms with E-state index in [1.165, 1.54) is 13.0 Å². The van der Waals surface area contributed by atoms with Crippen LogP contribution in [0.4, 0.5) is 5.69 Å². The summed E-state index contributed by atoms with van der Waals surface area (Å²) >= 11 is 0. The molecule has 1 aromatic carbocycles. The number of hydrogen-bond acceptors (Lipinski definition) is 10. The Morgan fingerprint density at radius 1 is 1.26 bits per heavy atom. The molecule has 184 valence electrons. The molecular formula is C23H29N3O8. The van der Waals surface area contributed by atoms with E-state index in [0.717, 1.165) is 0 Å². The van der Waals surface area contributed by atoms with Gasteiger partial charge in [0.2, 0.25) is 11.7 Å². The number of nitrogen functional groups attached to an aromatic ring is 1. The lowest BCUT2D eigenvalue weighted by atomic mass is 9.59. The minimum Gasteiger partial charge on any atom is -0.507 e. The molecule has 4 atom stereocenters. The molecule has 2 aliphatic carbocycles. The number of benzene rings is 1. The summed E-state index contributed by atoms with van der Waals surface area (Å²) in [4.78, 5) is 51.9. The second-order valence-corrected chi connectivity index (χ2v) is 9.15. The second kappa shape index (κ2) is 8.82. The van der Waals surface area contributed by atoms with Crippen molar-refractivity contribution in [2.45, 2.75) is 37.8 Å². The molecule has 11 nitrogen and oxygen atoms in total. The van der Waals surface area contributed by atoms with Crippen LogP contribution in [0.15, 0.2) is 11.6 Å². The molecule has 0 unspecified atom stereocenters. The van der Waals surface area contributed by atoms with E-state index in [1.54, 1.807) is 19.0 Å². The molecule has 0 aliphatic heterocycles. The number of Topliss-reactive ketones (excluding diaryl/α,β-unsaturated/α-hetero) is 3. The Kier molecular flexibility index (Phi) is 6.57. The van der Waals surface area contributed by atoms with Crippen molar-refractivity contribution in [3.05, 3.63) is 28.3 Å². The minimum atomic E-state index is -2.76. The fraction of sp³-hybridized carbons (Fsp3) is 0.478. The number of carbonyl (C=O) groups excluding carboxylic acids is 4. The molecule has 34 heavy (non-hydrogen) atoms. The van der Waals surface area contributed by atoms with Gasteiger partial charge >= 0.3 is 0 Å². The Morgan fingerprint density at radius 3 is 2.38 bits per heavy atom. The molecular weight excluding hydrogens is 446 g/mol. The smallest absolute Gasteiger partial charge is 0.225 e. The number of primary amides is 1. The number of aliphatic hydroxyl groups excluding tert-OH is 2. The van der Waals surface area contributed by atoms with E-state index in [1.807, 2.05) is 0 Å². The monoisotopic (exact) mass is 475 g/mol. The van der Waals surface area contributed by atoms with Crippen LogP contribution in [0.2, 0.25) is 0 Å². The summed E-state index contributed by atoms with van der Waals surface area (Å²) < 4.78 is 0. The van der Waals surface area contributed by atoms with Crippen molar-refractivity contribution in [1.82, 2.24) is 4.90 Å². The lowest BCUT2D eigenvalue weighted by Gasteiger charge is -2.47. The highest BCUT2D eigenvalue weighted by Crippen LogP contribution is 2.50. The van der Waals surface area contributed by atoms with Crippen molar-refractivity contribution >= 4 is 34.7 Å². The van der Waals surface area contributed by atoms with Crippen LogP contribution >= 0.6 is 0 Å². The first kappa shape index (κ1) is 25.3. The van der Waals surface area contributed by atoms with Crippen LogP contribution in [-0.4, -0.2) is 80.9 Å². The molecule has 1 fully saturated rings. The number of likely N-dealkylation sites (N-methyl/N-ethyl adjacent to an activating group) is 1. The van der Waals surface area contributed by atoms with Gasteiger partial charge in [0, 0.05) is 23.1 Å². The number of aromatic hydroxyl groups is 1. The zero-order valence-electron chi connectivity index (χ0n) is 19.2. The van der Waals surface area contributed by atoms with E-state index in [9.17, 15) is 39.6 Å². The summed E-state index contributed by atoms with van der Waals surface area (Å²) in [5.41, 5.74) is 7.93. The molecule has 1 saturated carbocycles. The predicted molar refractivity (Wildman–Crippen MR) is 121 cm³/mol. The number of phenols is 1. The largest absolute Gasteiger partial charge is 0.507 e. The number of nitrogens with zero attached hydrogens (tertiary/aromatic N) is 1. The van der Waals surface area contributed by atoms with Gasteiger partial charge in [-0.05, 0) is 51.4 Å². The third kappa shape index (κ3) is 3.75. The number of hydrogen-bond donors (Lipinski definition) is 6. The van der Waals surface area contributed by atoms with Gasteiger partial charge in [0.05, 0.1) is 24.3 Å². The second-order valence-electron chi connectivity index (χ2n) is 9.15. The Labute approximate surface area is 195 Å². The summed E-state index contributed by atoms with van der Waals surface area (Å²) in [7, 11) is 3.19. The predicted octanol–water partition coefficient (Wildman–Crippen LogP) is -0.694. The Morgan fingerprint density at radius 2 is 1.88 bits per heavy atom. The Hall–Kier alpha value is -3.28. The fourth-order valence-electron chi connectivity index (χ4n) is 5.25. The maximum Gasteiger partial charge on any atom is 0.225 e. The van der Waals surface area contributed by atoms with Gasteiger partial charge in [0.15, 0.2) is 17.2 Å². The maximum absolute atomic E-state index is 13.7. The topological polar surface area (TPSA) is 204 Å². The summed E-state index contributed by atoms with van der Waals surface area (Å²) in [5, 5.41) is 43.1. The number of rotatable bonds is 7. The van der Waals surface area contributed by atoms with Crippen molar-refractivity contribution in [2.24, 2.45) is 17.6 Å². The van der Waals surface area contributed by atoms with Crippen LogP contribution in [-0.2, 0) is 20.8 Å². The van der Waals surface area contributed by atoms with Gasteiger partial charge in [-0.3, -0.25) is 19.2 Å². The van der Waals surface area contributed by atoms with Crippen LogP contribution in [0.25, 0.3) is 5.76 Å². The standard InChI is InChI=1S/C23H29N3O8/c1-9(28)11-6-14(24)20(31)19-12(11)4-10-5-13(15(8-27)26(2)3)23(34,16(29)7-17(25)30)22(33)18(10)21(19)32/h6,10,13,15,27,31-32,34H,4-5,7-8,24H2,1-3H3,(H2,25,30)/t10-,13-,15+,23+/m0/s1. The normalized spacial score (nSPS) is 25.1. The van der Waals surface area contributed by atoms with Crippen molar-refractivity contribution < 1.29 is 39.6 Å². The molecule has 8 N–H and O–H groups in total. The molecule has 3 rings (SSSR count). The zero-order chi connectivity index (χ0) is 25.7. The number of aliphatic hydroxyl groups is 3. The summed E-state index contributed by atoms with van der Waals surface area (Å²) in [6.07, 6.45) is -0.935. The van der Waals surface area contributed by atoms with Gasteiger partial charge in [0.1, 0.15) is 11.5 Å². The van der Waals surface area contributed by atoms with Gasteiger partial charge in [-0.2, -0.15) is 0 Å². The lowest BCUT2D eigenvalue weighted by molar-refractivity contribution is -0.163. The van der Waals surface area contributed by atoms with Crippen molar-refractivity contribution in [2.75, 3.05) is 26.4 Å². The van der Waals surface area contributed by atoms with E-state index >= 15 is 0 Å². The number of ketones is 3. The van der Waals surface area contributed by atoms with E-state index in [2.05, 4.69) is 0 Å². The van der Waals surface area contributed by atoms with Gasteiger partial charge in [0.25, 0.3) is 0 Å². The third-order valence-electron chi connectivity index (χ3n) is 6.91. The molecule has 1 aromatic rings. The first-order valence-electron chi connectivity index (χ1n) is 10.7. The van der Waals surface area contributed by atoms with Crippen molar-refractivity contribution in [3.63, 3.8) is 0 Å². The van der Waals surface area contributed by atoms with Crippen LogP contribution in [0.3, 0.4) is 0 Å². The Bertz CT molecular complexity index is 1130. The van der Waals surface area contributed by atoms with E-state index in [4.69, 9.17) is 11.5 Å². The van der Waals surface area contributed by atoms with Gasteiger partial charge < -0.3 is 36.8 Å². The highest BCUT2D eigenvalue weighted by Gasteiger charge is 2.60. The molecule has 2 aliphatic rings. The van der Waals surface area contributed by atoms with Crippen LogP contribution in [0.1, 0.15) is 41.3 Å². The number of amides is 1. The molecule has 1 amide bonds. The number of fused-ring (bicyclic) bond motifs is 2. The minimum absolute atomic E-state index is 0.0331. The summed E-state index contributed by atoms with van der Waals surface area (Å²) in [6, 6.07) is 0.433. The van der Waals surface area contributed by atoms with E-state index < -0.39 is 65.5 Å². The highest BCUT2D eigenvalue weighted by atomic mass is 16.3. The van der Waals surface area contributed by atoms with Crippen molar-refractivity contribution in [1.29, 1.82) is 0 Å². The van der Waals surface area contributed by atoms with Crippen LogP contribution < -0.4 is 11.5 Å². The highest BCUT2D eigenvalue weighted by molar-refractivity contribution is 6.23. The number of phenolic OH excluding ortho intramolecular Hbond substituents is 1. The van der Waals surface area contributed by atoms with Gasteiger partial charge in [-0.1, -0.05) is 0 Å². The molecule has 0 aromatic heterocycles. The van der Waals surface area contributed by atoms with E-state index in [-0.39, 0.29) is 46.6 Å². The molecule has 0 spiro atoms. The average molecular weight is 475 g/mol. The molecule has 0 bridgehead atoms. The third-order valence-corrected chi connectivity index (χ3v) is 6.91. The SMILES string of the molecule is CC(=O)c1cc(N)c(O)c2c1C[C@H]1C[C@@H]([C@@H](CO)N(C)C)[C@@](O)(C(=O)CC(N)=O)C(=O)C1=C2O. The summed E-state index contributed by atoms with van der Waals surface area (Å²) in [5.74, 6) is -6.85. The number of nitrogens with two attached hydrogens (primary N) is 2.